The molecule has 0 heterocycles. The zero-order valence-electron chi connectivity index (χ0n) is 13.1. The van der Waals surface area contributed by atoms with E-state index in [0.29, 0.717) is 30.3 Å². The summed E-state index contributed by atoms with van der Waals surface area (Å²) in [5, 5.41) is 5.66. The molecule has 122 valence electrons. The van der Waals surface area contributed by atoms with E-state index in [1.807, 2.05) is 0 Å². The van der Waals surface area contributed by atoms with Gasteiger partial charge in [0.25, 0.3) is 0 Å². The van der Waals surface area contributed by atoms with Crippen LogP contribution < -0.4 is 10.6 Å². The first-order valence-electron chi connectivity index (χ1n) is 7.48. The first-order chi connectivity index (χ1) is 10.6. The largest absolute Gasteiger partial charge is 0.381 e. The number of nitrogens with one attached hydrogen (secondary N) is 2. The predicted molar refractivity (Wildman–Crippen MR) is 88.2 cm³/mol. The minimum absolute atomic E-state index is 0.410. The number of rotatable bonds is 8. The van der Waals surface area contributed by atoms with Gasteiger partial charge in [0.1, 0.15) is 0 Å². The summed E-state index contributed by atoms with van der Waals surface area (Å²) >= 11 is 5.97. The van der Waals surface area contributed by atoms with Gasteiger partial charge in [0.15, 0.2) is 0 Å². The normalized spacial score (nSPS) is 10.3. The van der Waals surface area contributed by atoms with Crippen LogP contribution in [0.3, 0.4) is 0 Å². The summed E-state index contributed by atoms with van der Waals surface area (Å²) in [7, 11) is 0. The van der Waals surface area contributed by atoms with Gasteiger partial charge in [-0.2, -0.15) is 0 Å². The topological polar surface area (TPSA) is 67.4 Å². The third-order valence-corrected chi connectivity index (χ3v) is 3.52. The van der Waals surface area contributed by atoms with Gasteiger partial charge in [0.05, 0.1) is 0 Å². The molecule has 22 heavy (non-hydrogen) atoms. The van der Waals surface area contributed by atoms with E-state index in [9.17, 15) is 9.59 Å². The average Bonchev–Trinajstić information content (AvgIpc) is 2.50. The molecule has 0 unspecified atom stereocenters. The zero-order valence-corrected chi connectivity index (χ0v) is 13.8. The molecule has 0 spiro atoms. The second kappa shape index (κ2) is 10.2. The Bertz CT molecular complexity index is 506. The van der Waals surface area contributed by atoms with E-state index >= 15 is 0 Å². The summed E-state index contributed by atoms with van der Waals surface area (Å²) in [6.07, 6.45) is 2.81. The molecule has 0 saturated heterocycles. The van der Waals surface area contributed by atoms with Gasteiger partial charge < -0.3 is 15.4 Å². The van der Waals surface area contributed by atoms with Crippen molar-refractivity contribution in [2.24, 2.45) is 0 Å². The molecule has 2 N–H and O–H groups in total. The maximum absolute atomic E-state index is 11.8. The summed E-state index contributed by atoms with van der Waals surface area (Å²) in [6, 6.07) is 5.15. The highest BCUT2D eigenvalue weighted by molar-refractivity contribution is 6.40. The van der Waals surface area contributed by atoms with Crippen LogP contribution in [0.5, 0.6) is 0 Å². The van der Waals surface area contributed by atoms with Crippen molar-refractivity contribution in [1.29, 1.82) is 0 Å². The van der Waals surface area contributed by atoms with Gasteiger partial charge >= 0.3 is 11.8 Å². The van der Waals surface area contributed by atoms with Crippen molar-refractivity contribution in [2.45, 2.75) is 33.1 Å². The molecule has 0 saturated carbocycles. The number of unbranched alkanes of at least 4 members (excludes halogenated alkanes) is 1. The van der Waals surface area contributed by atoms with Crippen molar-refractivity contribution < 1.29 is 14.3 Å². The summed E-state index contributed by atoms with van der Waals surface area (Å²) in [5.41, 5.74) is 1.27. The maximum Gasteiger partial charge on any atom is 0.313 e. The SMILES string of the molecule is CCCCOCCCNC(=O)C(=O)Nc1cccc(Cl)c1C. The van der Waals surface area contributed by atoms with Gasteiger partial charge in [-0.25, -0.2) is 0 Å². The van der Waals surface area contributed by atoms with Gasteiger partial charge in [-0.1, -0.05) is 31.0 Å². The molecule has 0 fully saturated rings. The number of amides is 2. The van der Waals surface area contributed by atoms with Crippen molar-refractivity contribution in [3.05, 3.63) is 28.8 Å². The smallest absolute Gasteiger partial charge is 0.313 e. The Labute approximate surface area is 136 Å². The molecule has 1 rings (SSSR count). The molecule has 6 heteroatoms. The first-order valence-corrected chi connectivity index (χ1v) is 7.86. The molecular weight excluding hydrogens is 304 g/mol. The number of carbonyl (C=O) groups is 2. The summed E-state index contributed by atoms with van der Waals surface area (Å²) in [5.74, 6) is -1.36. The average molecular weight is 327 g/mol. The van der Waals surface area contributed by atoms with Crippen molar-refractivity contribution in [1.82, 2.24) is 5.32 Å². The lowest BCUT2D eigenvalue weighted by atomic mass is 10.2. The van der Waals surface area contributed by atoms with E-state index < -0.39 is 11.8 Å². The Morgan fingerprint density at radius 1 is 1.18 bits per heavy atom. The highest BCUT2D eigenvalue weighted by Gasteiger charge is 2.14. The highest BCUT2D eigenvalue weighted by Crippen LogP contribution is 2.22. The standard InChI is InChI=1S/C16H23ClN2O3/c1-3-4-10-22-11-6-9-18-15(20)16(21)19-14-8-5-7-13(17)12(14)2/h5,7-8H,3-4,6,9-11H2,1-2H3,(H,18,20)(H,19,21). The lowest BCUT2D eigenvalue weighted by Gasteiger charge is -2.09. The van der Waals surface area contributed by atoms with Crippen LogP contribution in [-0.4, -0.2) is 31.6 Å². The van der Waals surface area contributed by atoms with E-state index in [1.165, 1.54) is 0 Å². The van der Waals surface area contributed by atoms with E-state index in [2.05, 4.69) is 17.6 Å². The monoisotopic (exact) mass is 326 g/mol. The van der Waals surface area contributed by atoms with Crippen LogP contribution in [0.4, 0.5) is 5.69 Å². The van der Waals surface area contributed by atoms with Crippen molar-refractivity contribution in [3.63, 3.8) is 0 Å². The Morgan fingerprint density at radius 3 is 2.64 bits per heavy atom. The maximum atomic E-state index is 11.8. The summed E-state index contributed by atoms with van der Waals surface area (Å²) < 4.78 is 5.37. The molecule has 0 radical (unpaired) electrons. The fraction of sp³-hybridized carbons (Fsp3) is 0.500. The number of ether oxygens (including phenoxy) is 1. The van der Waals surface area contributed by atoms with E-state index in [4.69, 9.17) is 16.3 Å². The predicted octanol–water partition coefficient (Wildman–Crippen LogP) is 2.91. The van der Waals surface area contributed by atoms with E-state index in [0.717, 1.165) is 25.0 Å². The number of hydrogen-bond acceptors (Lipinski definition) is 3. The number of hydrogen-bond donors (Lipinski definition) is 2. The van der Waals surface area contributed by atoms with Crippen LogP contribution in [0.15, 0.2) is 18.2 Å². The minimum atomic E-state index is -0.697. The minimum Gasteiger partial charge on any atom is -0.381 e. The highest BCUT2D eigenvalue weighted by atomic mass is 35.5. The fourth-order valence-electron chi connectivity index (χ4n) is 1.73. The van der Waals surface area contributed by atoms with E-state index in [-0.39, 0.29) is 0 Å². The Hall–Kier alpha value is -1.59. The van der Waals surface area contributed by atoms with Gasteiger partial charge in [-0.05, 0) is 37.5 Å². The van der Waals surface area contributed by atoms with Crippen LogP contribution in [0.2, 0.25) is 5.02 Å². The lowest BCUT2D eigenvalue weighted by Crippen LogP contribution is -2.36. The Morgan fingerprint density at radius 2 is 1.91 bits per heavy atom. The van der Waals surface area contributed by atoms with Crippen molar-refractivity contribution in [2.75, 3.05) is 25.1 Å². The van der Waals surface area contributed by atoms with Gasteiger partial charge in [0.2, 0.25) is 0 Å². The molecule has 2 amide bonds. The molecule has 0 aliphatic carbocycles. The van der Waals surface area contributed by atoms with Crippen molar-refractivity contribution in [3.8, 4) is 0 Å². The molecule has 0 aliphatic rings. The Balaban J connectivity index is 2.28. The number of benzene rings is 1. The van der Waals surface area contributed by atoms with Crippen LogP contribution in [-0.2, 0) is 14.3 Å². The molecule has 0 aliphatic heterocycles. The quantitative estimate of drug-likeness (QED) is 0.570. The molecular formula is C16H23ClN2O3. The summed E-state index contributed by atoms with van der Waals surface area (Å²) in [6.45, 7) is 5.61. The second-order valence-electron chi connectivity index (χ2n) is 4.94. The lowest BCUT2D eigenvalue weighted by molar-refractivity contribution is -0.136. The molecule has 5 nitrogen and oxygen atoms in total. The van der Waals surface area contributed by atoms with Crippen LogP contribution in [0.25, 0.3) is 0 Å². The first kappa shape index (κ1) is 18.5. The Kier molecular flexibility index (Phi) is 8.55. The fourth-order valence-corrected chi connectivity index (χ4v) is 1.90. The number of anilines is 1. The summed E-state index contributed by atoms with van der Waals surface area (Å²) in [4.78, 5) is 23.5. The molecule has 1 aromatic carbocycles. The van der Waals surface area contributed by atoms with Gasteiger partial charge in [-0.15, -0.1) is 0 Å². The third-order valence-electron chi connectivity index (χ3n) is 3.12. The van der Waals surface area contributed by atoms with Gasteiger partial charge in [0, 0.05) is 30.5 Å². The molecule has 1 aromatic rings. The molecule has 0 atom stereocenters. The zero-order chi connectivity index (χ0) is 16.4. The van der Waals surface area contributed by atoms with Crippen LogP contribution >= 0.6 is 11.6 Å². The molecule has 0 aromatic heterocycles. The molecule has 0 bridgehead atoms. The third kappa shape index (κ3) is 6.45. The van der Waals surface area contributed by atoms with Crippen LogP contribution in [0.1, 0.15) is 31.7 Å². The second-order valence-corrected chi connectivity index (χ2v) is 5.35. The van der Waals surface area contributed by atoms with E-state index in [1.54, 1.807) is 25.1 Å². The van der Waals surface area contributed by atoms with Crippen molar-refractivity contribution >= 4 is 29.1 Å². The van der Waals surface area contributed by atoms with Crippen LogP contribution in [0, 0.1) is 6.92 Å². The number of halogens is 1. The number of carbonyl (C=O) groups excluding carboxylic acids is 2. The van der Waals surface area contributed by atoms with Gasteiger partial charge in [-0.3, -0.25) is 9.59 Å².